The number of nitrogens with one attached hydrogen (secondary N) is 1. The van der Waals surface area contributed by atoms with E-state index in [1.165, 1.54) is 30.5 Å². The van der Waals surface area contributed by atoms with Crippen LogP contribution in [0.4, 0.5) is 5.69 Å². The van der Waals surface area contributed by atoms with Crippen molar-refractivity contribution in [2.45, 2.75) is 46.6 Å². The van der Waals surface area contributed by atoms with Crippen LogP contribution in [-0.2, 0) is 0 Å². The number of nitrogens with two attached hydrogens (primary N) is 1. The van der Waals surface area contributed by atoms with Crippen LogP contribution in [0.2, 0.25) is 0 Å². The fraction of sp³-hybridized carbons (Fsp3) is 0.611. The Kier molecular flexibility index (Phi) is 5.83. The number of aliphatic imine (C=N–C) groups is 1. The third-order valence-electron chi connectivity index (χ3n) is 4.07. The first kappa shape index (κ1) is 16.8. The van der Waals surface area contributed by atoms with E-state index < -0.39 is 0 Å². The standard InChI is InChI=1S/C18H30N4/c1-13(2)12-22-7-5-6-17(22)11-20-18(19)21-16-9-14(3)8-15(4)10-16/h8-10,13,17H,5-7,11-12H2,1-4H3,(H3,19,20,21)/t17-/m1/s1. The Balaban J connectivity index is 1.91. The van der Waals surface area contributed by atoms with Gasteiger partial charge in [-0.2, -0.15) is 0 Å². The van der Waals surface area contributed by atoms with Gasteiger partial charge in [-0.15, -0.1) is 0 Å². The van der Waals surface area contributed by atoms with Gasteiger partial charge in [0.15, 0.2) is 5.96 Å². The molecule has 2 rings (SSSR count). The fourth-order valence-electron chi connectivity index (χ4n) is 3.25. The van der Waals surface area contributed by atoms with Crippen molar-refractivity contribution in [2.24, 2.45) is 16.6 Å². The molecule has 0 aromatic heterocycles. The molecular formula is C18H30N4. The summed E-state index contributed by atoms with van der Waals surface area (Å²) in [6.07, 6.45) is 2.50. The highest BCUT2D eigenvalue weighted by atomic mass is 15.2. The van der Waals surface area contributed by atoms with Gasteiger partial charge in [0.05, 0.1) is 6.54 Å². The second-order valence-corrected chi connectivity index (χ2v) is 6.91. The minimum Gasteiger partial charge on any atom is -0.370 e. The molecular weight excluding hydrogens is 272 g/mol. The van der Waals surface area contributed by atoms with Crippen LogP contribution in [-0.4, -0.2) is 36.5 Å². The molecule has 1 aliphatic heterocycles. The smallest absolute Gasteiger partial charge is 0.193 e. The maximum absolute atomic E-state index is 6.05. The van der Waals surface area contributed by atoms with Gasteiger partial charge < -0.3 is 11.1 Å². The molecule has 0 unspecified atom stereocenters. The van der Waals surface area contributed by atoms with Crippen LogP contribution in [0.25, 0.3) is 0 Å². The molecule has 0 spiro atoms. The lowest BCUT2D eigenvalue weighted by Crippen LogP contribution is -2.35. The van der Waals surface area contributed by atoms with E-state index in [1.54, 1.807) is 0 Å². The summed E-state index contributed by atoms with van der Waals surface area (Å²) >= 11 is 0. The lowest BCUT2D eigenvalue weighted by molar-refractivity contribution is 0.231. The highest BCUT2D eigenvalue weighted by molar-refractivity contribution is 5.92. The first-order valence-electron chi connectivity index (χ1n) is 8.33. The average Bonchev–Trinajstić information content (AvgIpc) is 2.81. The SMILES string of the molecule is Cc1cc(C)cc(NC(N)=NC[C@H]2CCCN2CC(C)C)c1. The zero-order valence-electron chi connectivity index (χ0n) is 14.4. The number of nitrogens with zero attached hydrogens (tertiary/aromatic N) is 2. The van der Waals surface area contributed by atoms with Crippen LogP contribution in [0.1, 0.15) is 37.8 Å². The third kappa shape index (κ3) is 5.02. The van der Waals surface area contributed by atoms with E-state index in [2.05, 4.69) is 61.1 Å². The zero-order valence-corrected chi connectivity index (χ0v) is 14.4. The molecule has 3 N–H and O–H groups in total. The molecule has 0 bridgehead atoms. The molecule has 1 fully saturated rings. The maximum Gasteiger partial charge on any atom is 0.193 e. The molecule has 1 saturated heterocycles. The van der Waals surface area contributed by atoms with Crippen LogP contribution >= 0.6 is 0 Å². The number of aryl methyl sites for hydroxylation is 2. The second kappa shape index (κ2) is 7.63. The zero-order chi connectivity index (χ0) is 16.1. The number of likely N-dealkylation sites (tertiary alicyclic amines) is 1. The first-order valence-corrected chi connectivity index (χ1v) is 8.33. The van der Waals surface area contributed by atoms with Crippen LogP contribution in [0.3, 0.4) is 0 Å². The minimum absolute atomic E-state index is 0.515. The maximum atomic E-state index is 6.05. The summed E-state index contributed by atoms with van der Waals surface area (Å²) in [7, 11) is 0. The van der Waals surface area contributed by atoms with E-state index in [-0.39, 0.29) is 0 Å². The van der Waals surface area contributed by atoms with Crippen LogP contribution in [0, 0.1) is 19.8 Å². The van der Waals surface area contributed by atoms with E-state index >= 15 is 0 Å². The summed E-state index contributed by atoms with van der Waals surface area (Å²) in [6, 6.07) is 6.88. The van der Waals surface area contributed by atoms with Gasteiger partial charge in [0.25, 0.3) is 0 Å². The van der Waals surface area contributed by atoms with Crippen molar-refractivity contribution in [3.05, 3.63) is 29.3 Å². The highest BCUT2D eigenvalue weighted by Gasteiger charge is 2.24. The van der Waals surface area contributed by atoms with Crippen LogP contribution in [0.15, 0.2) is 23.2 Å². The Morgan fingerprint density at radius 3 is 2.64 bits per heavy atom. The number of rotatable bonds is 5. The van der Waals surface area contributed by atoms with Crippen molar-refractivity contribution < 1.29 is 0 Å². The molecule has 0 aliphatic carbocycles. The molecule has 4 heteroatoms. The molecule has 1 aromatic rings. The third-order valence-corrected chi connectivity index (χ3v) is 4.07. The second-order valence-electron chi connectivity index (χ2n) is 6.91. The summed E-state index contributed by atoms with van der Waals surface area (Å²) in [6.45, 7) is 11.9. The van der Waals surface area contributed by atoms with E-state index in [1.807, 2.05) is 0 Å². The van der Waals surface area contributed by atoms with Crippen molar-refractivity contribution in [1.29, 1.82) is 0 Å². The number of hydrogen-bond donors (Lipinski definition) is 2. The largest absolute Gasteiger partial charge is 0.370 e. The predicted molar refractivity (Wildman–Crippen MR) is 95.5 cm³/mol. The van der Waals surface area contributed by atoms with Gasteiger partial charge in [0, 0.05) is 18.3 Å². The van der Waals surface area contributed by atoms with Gasteiger partial charge in [-0.3, -0.25) is 9.89 Å². The highest BCUT2D eigenvalue weighted by Crippen LogP contribution is 2.19. The summed E-state index contributed by atoms with van der Waals surface area (Å²) in [5.41, 5.74) is 9.53. The van der Waals surface area contributed by atoms with Crippen molar-refractivity contribution in [1.82, 2.24) is 4.90 Å². The van der Waals surface area contributed by atoms with Gasteiger partial charge in [0.1, 0.15) is 0 Å². The van der Waals surface area contributed by atoms with Gasteiger partial charge >= 0.3 is 0 Å². The van der Waals surface area contributed by atoms with E-state index in [0.717, 1.165) is 18.8 Å². The Hall–Kier alpha value is -1.55. The molecule has 1 aromatic carbocycles. The van der Waals surface area contributed by atoms with E-state index in [9.17, 15) is 0 Å². The number of anilines is 1. The lowest BCUT2D eigenvalue weighted by atomic mass is 10.1. The lowest BCUT2D eigenvalue weighted by Gasteiger charge is -2.25. The Morgan fingerprint density at radius 2 is 2.00 bits per heavy atom. The quantitative estimate of drug-likeness (QED) is 0.649. The molecule has 1 aliphatic rings. The molecule has 4 nitrogen and oxygen atoms in total. The summed E-state index contributed by atoms with van der Waals surface area (Å²) in [5.74, 6) is 1.22. The van der Waals surface area contributed by atoms with Crippen molar-refractivity contribution in [3.63, 3.8) is 0 Å². The van der Waals surface area contributed by atoms with Gasteiger partial charge in [-0.05, 0) is 62.4 Å². The fourth-order valence-corrected chi connectivity index (χ4v) is 3.25. The molecule has 0 radical (unpaired) electrons. The Bertz CT molecular complexity index is 502. The molecule has 22 heavy (non-hydrogen) atoms. The molecule has 122 valence electrons. The van der Waals surface area contributed by atoms with Crippen molar-refractivity contribution in [3.8, 4) is 0 Å². The molecule has 0 saturated carbocycles. The first-order chi connectivity index (χ1) is 10.4. The van der Waals surface area contributed by atoms with Crippen molar-refractivity contribution >= 4 is 11.6 Å². The minimum atomic E-state index is 0.515. The van der Waals surface area contributed by atoms with Gasteiger partial charge in [0.2, 0.25) is 0 Å². The summed E-state index contributed by atoms with van der Waals surface area (Å²) < 4.78 is 0. The van der Waals surface area contributed by atoms with Gasteiger partial charge in [-0.25, -0.2) is 0 Å². The summed E-state index contributed by atoms with van der Waals surface area (Å²) in [4.78, 5) is 7.11. The topological polar surface area (TPSA) is 53.6 Å². The van der Waals surface area contributed by atoms with Crippen molar-refractivity contribution in [2.75, 3.05) is 25.0 Å². The molecule has 1 heterocycles. The van der Waals surface area contributed by atoms with Gasteiger partial charge in [-0.1, -0.05) is 19.9 Å². The summed E-state index contributed by atoms with van der Waals surface area (Å²) in [5, 5.41) is 3.21. The Labute approximate surface area is 134 Å². The average molecular weight is 302 g/mol. The number of benzene rings is 1. The van der Waals surface area contributed by atoms with Crippen LogP contribution in [0.5, 0.6) is 0 Å². The van der Waals surface area contributed by atoms with E-state index in [4.69, 9.17) is 5.73 Å². The number of hydrogen-bond acceptors (Lipinski definition) is 2. The van der Waals surface area contributed by atoms with E-state index in [0.29, 0.717) is 17.9 Å². The molecule has 1 atom stereocenters. The predicted octanol–water partition coefficient (Wildman–Crippen LogP) is 3.15. The van der Waals surface area contributed by atoms with Crippen LogP contribution < -0.4 is 11.1 Å². The molecule has 0 amide bonds. The Morgan fingerprint density at radius 1 is 1.32 bits per heavy atom. The number of guanidine groups is 1. The normalized spacial score (nSPS) is 19.9. The monoisotopic (exact) mass is 302 g/mol.